The average molecular weight is 354 g/mol. The standard InChI is InChI=1S/C21H26N2O3/c1-25-19-11-6-15(14-20(19)26-2)12-13-22-17-7-9-18(10-8-17)23-21(24)16-4-3-5-16/h6-11,14,16,22H,3-5,12-13H2,1-2H3,(H,23,24). The molecular formula is C21H26N2O3. The highest BCUT2D eigenvalue weighted by molar-refractivity contribution is 5.93. The van der Waals surface area contributed by atoms with Crippen LogP contribution in [0.2, 0.25) is 0 Å². The molecule has 2 N–H and O–H groups in total. The SMILES string of the molecule is COc1ccc(CCNc2ccc(NC(=O)C3CCC3)cc2)cc1OC. The van der Waals surface area contributed by atoms with E-state index in [1.54, 1.807) is 14.2 Å². The van der Waals surface area contributed by atoms with Gasteiger partial charge in [0.1, 0.15) is 0 Å². The van der Waals surface area contributed by atoms with Gasteiger partial charge < -0.3 is 20.1 Å². The summed E-state index contributed by atoms with van der Waals surface area (Å²) in [5, 5.41) is 6.38. The first kappa shape index (κ1) is 18.1. The van der Waals surface area contributed by atoms with Crippen molar-refractivity contribution < 1.29 is 14.3 Å². The molecule has 26 heavy (non-hydrogen) atoms. The van der Waals surface area contributed by atoms with Gasteiger partial charge in [-0.05, 0) is 61.2 Å². The Morgan fingerprint density at radius 3 is 2.31 bits per heavy atom. The van der Waals surface area contributed by atoms with E-state index >= 15 is 0 Å². The number of benzene rings is 2. The lowest BCUT2D eigenvalue weighted by molar-refractivity contribution is -0.122. The van der Waals surface area contributed by atoms with E-state index in [0.717, 1.165) is 48.7 Å². The topological polar surface area (TPSA) is 59.6 Å². The van der Waals surface area contributed by atoms with Gasteiger partial charge in [0.25, 0.3) is 0 Å². The van der Waals surface area contributed by atoms with Crippen molar-refractivity contribution in [2.24, 2.45) is 5.92 Å². The van der Waals surface area contributed by atoms with Gasteiger partial charge in [-0.25, -0.2) is 0 Å². The summed E-state index contributed by atoms with van der Waals surface area (Å²) in [5.74, 6) is 1.83. The normalized spacial score (nSPS) is 13.6. The highest BCUT2D eigenvalue weighted by Crippen LogP contribution is 2.28. The maximum Gasteiger partial charge on any atom is 0.227 e. The van der Waals surface area contributed by atoms with E-state index in [1.807, 2.05) is 42.5 Å². The molecule has 1 fully saturated rings. The number of nitrogens with one attached hydrogen (secondary N) is 2. The minimum absolute atomic E-state index is 0.144. The molecule has 1 aliphatic carbocycles. The van der Waals surface area contributed by atoms with E-state index in [0.29, 0.717) is 0 Å². The summed E-state index contributed by atoms with van der Waals surface area (Å²) in [6.07, 6.45) is 4.07. The molecular weight excluding hydrogens is 328 g/mol. The van der Waals surface area contributed by atoms with Crippen LogP contribution in [0.3, 0.4) is 0 Å². The molecule has 5 heteroatoms. The highest BCUT2D eigenvalue weighted by Gasteiger charge is 2.24. The van der Waals surface area contributed by atoms with Gasteiger partial charge in [0.2, 0.25) is 5.91 Å². The van der Waals surface area contributed by atoms with Crippen LogP contribution in [-0.2, 0) is 11.2 Å². The molecule has 1 aliphatic rings. The molecule has 0 spiro atoms. The quantitative estimate of drug-likeness (QED) is 0.749. The first-order valence-electron chi connectivity index (χ1n) is 9.05. The molecule has 1 amide bonds. The fourth-order valence-electron chi connectivity index (χ4n) is 2.97. The summed E-state index contributed by atoms with van der Waals surface area (Å²) in [4.78, 5) is 12.0. The smallest absolute Gasteiger partial charge is 0.227 e. The molecule has 0 aromatic heterocycles. The van der Waals surface area contributed by atoms with Crippen molar-refractivity contribution in [2.45, 2.75) is 25.7 Å². The van der Waals surface area contributed by atoms with Crippen LogP contribution in [-0.4, -0.2) is 26.7 Å². The predicted octanol–water partition coefficient (Wildman–Crippen LogP) is 4.10. The number of ether oxygens (including phenoxy) is 2. The Kier molecular flexibility index (Phi) is 6.00. The summed E-state index contributed by atoms with van der Waals surface area (Å²) in [5.41, 5.74) is 3.07. The molecule has 1 saturated carbocycles. The molecule has 5 nitrogen and oxygen atoms in total. The van der Waals surface area contributed by atoms with Crippen LogP contribution < -0.4 is 20.1 Å². The maximum absolute atomic E-state index is 12.0. The van der Waals surface area contributed by atoms with Crippen LogP contribution in [0.1, 0.15) is 24.8 Å². The van der Waals surface area contributed by atoms with Crippen LogP contribution in [0, 0.1) is 5.92 Å². The predicted molar refractivity (Wildman–Crippen MR) is 104 cm³/mol. The highest BCUT2D eigenvalue weighted by atomic mass is 16.5. The van der Waals surface area contributed by atoms with Crippen molar-refractivity contribution in [1.82, 2.24) is 0 Å². The van der Waals surface area contributed by atoms with E-state index in [2.05, 4.69) is 10.6 Å². The number of carbonyl (C=O) groups excluding carboxylic acids is 1. The minimum Gasteiger partial charge on any atom is -0.493 e. The van der Waals surface area contributed by atoms with Crippen LogP contribution in [0.5, 0.6) is 11.5 Å². The third kappa shape index (κ3) is 4.48. The number of anilines is 2. The molecule has 0 radical (unpaired) electrons. The van der Waals surface area contributed by atoms with Crippen molar-refractivity contribution in [3.8, 4) is 11.5 Å². The summed E-state index contributed by atoms with van der Waals surface area (Å²) >= 11 is 0. The molecule has 0 unspecified atom stereocenters. The van der Waals surface area contributed by atoms with Crippen LogP contribution in [0.25, 0.3) is 0 Å². The Hall–Kier alpha value is -2.69. The van der Waals surface area contributed by atoms with Crippen LogP contribution in [0.15, 0.2) is 42.5 Å². The Bertz CT molecular complexity index is 739. The second kappa shape index (κ2) is 8.61. The molecule has 3 rings (SSSR count). The summed E-state index contributed by atoms with van der Waals surface area (Å²) in [6, 6.07) is 13.8. The Morgan fingerprint density at radius 1 is 1.00 bits per heavy atom. The monoisotopic (exact) mass is 354 g/mol. The van der Waals surface area contributed by atoms with E-state index in [1.165, 1.54) is 12.0 Å². The number of carbonyl (C=O) groups is 1. The van der Waals surface area contributed by atoms with Gasteiger partial charge in [0.05, 0.1) is 14.2 Å². The number of hydrogen-bond donors (Lipinski definition) is 2. The van der Waals surface area contributed by atoms with Gasteiger partial charge in [-0.3, -0.25) is 4.79 Å². The van der Waals surface area contributed by atoms with E-state index in [-0.39, 0.29) is 11.8 Å². The molecule has 0 atom stereocenters. The van der Waals surface area contributed by atoms with Crippen molar-refractivity contribution in [1.29, 1.82) is 0 Å². The van der Waals surface area contributed by atoms with E-state index in [4.69, 9.17) is 9.47 Å². The molecule has 0 saturated heterocycles. The fraction of sp³-hybridized carbons (Fsp3) is 0.381. The van der Waals surface area contributed by atoms with Gasteiger partial charge in [0.15, 0.2) is 11.5 Å². The number of rotatable bonds is 8. The third-order valence-corrected chi connectivity index (χ3v) is 4.82. The molecule has 2 aromatic carbocycles. The first-order valence-corrected chi connectivity index (χ1v) is 9.05. The van der Waals surface area contributed by atoms with E-state index < -0.39 is 0 Å². The lowest BCUT2D eigenvalue weighted by atomic mass is 9.85. The van der Waals surface area contributed by atoms with Gasteiger partial charge in [-0.2, -0.15) is 0 Å². The molecule has 138 valence electrons. The van der Waals surface area contributed by atoms with E-state index in [9.17, 15) is 4.79 Å². The van der Waals surface area contributed by atoms with Crippen molar-refractivity contribution in [3.05, 3.63) is 48.0 Å². The number of amides is 1. The van der Waals surface area contributed by atoms with Crippen molar-refractivity contribution in [2.75, 3.05) is 31.4 Å². The maximum atomic E-state index is 12.0. The molecule has 2 aromatic rings. The number of methoxy groups -OCH3 is 2. The zero-order valence-electron chi connectivity index (χ0n) is 15.4. The summed E-state index contributed by atoms with van der Waals surface area (Å²) < 4.78 is 10.6. The van der Waals surface area contributed by atoms with Gasteiger partial charge in [0, 0.05) is 23.8 Å². The largest absolute Gasteiger partial charge is 0.493 e. The minimum atomic E-state index is 0.144. The zero-order valence-corrected chi connectivity index (χ0v) is 15.4. The Labute approximate surface area is 154 Å². The Morgan fingerprint density at radius 2 is 1.69 bits per heavy atom. The Balaban J connectivity index is 1.48. The van der Waals surface area contributed by atoms with Crippen LogP contribution >= 0.6 is 0 Å². The molecule has 0 bridgehead atoms. The number of hydrogen-bond acceptors (Lipinski definition) is 4. The first-order chi connectivity index (χ1) is 12.7. The van der Waals surface area contributed by atoms with Crippen molar-refractivity contribution >= 4 is 17.3 Å². The van der Waals surface area contributed by atoms with Crippen LogP contribution in [0.4, 0.5) is 11.4 Å². The average Bonchev–Trinajstić information content (AvgIpc) is 2.61. The van der Waals surface area contributed by atoms with Gasteiger partial charge >= 0.3 is 0 Å². The molecule has 0 aliphatic heterocycles. The third-order valence-electron chi connectivity index (χ3n) is 4.82. The fourth-order valence-corrected chi connectivity index (χ4v) is 2.97. The van der Waals surface area contributed by atoms with Gasteiger partial charge in [-0.1, -0.05) is 12.5 Å². The summed E-state index contributed by atoms with van der Waals surface area (Å²) in [6.45, 7) is 0.809. The second-order valence-corrected chi connectivity index (χ2v) is 6.56. The lowest BCUT2D eigenvalue weighted by Gasteiger charge is -2.24. The lowest BCUT2D eigenvalue weighted by Crippen LogP contribution is -2.27. The van der Waals surface area contributed by atoms with Gasteiger partial charge in [-0.15, -0.1) is 0 Å². The molecule has 0 heterocycles. The second-order valence-electron chi connectivity index (χ2n) is 6.56. The zero-order chi connectivity index (χ0) is 18.4. The summed E-state index contributed by atoms with van der Waals surface area (Å²) in [7, 11) is 3.28. The van der Waals surface area contributed by atoms with Crippen molar-refractivity contribution in [3.63, 3.8) is 0 Å².